The van der Waals surface area contributed by atoms with Gasteiger partial charge in [-0.15, -0.1) is 0 Å². The van der Waals surface area contributed by atoms with E-state index in [1.807, 2.05) is 0 Å². The highest BCUT2D eigenvalue weighted by molar-refractivity contribution is 4.73. The van der Waals surface area contributed by atoms with Gasteiger partial charge in [-0.25, -0.2) is 0 Å². The molecule has 1 saturated carbocycles. The van der Waals surface area contributed by atoms with Crippen LogP contribution in [0, 0.1) is 11.8 Å². The first-order chi connectivity index (χ1) is 6.84. The van der Waals surface area contributed by atoms with Crippen molar-refractivity contribution >= 4 is 0 Å². The maximum atomic E-state index is 2.45. The predicted octanol–water partition coefficient (Wildman–Crippen LogP) is 5.17. The molecule has 84 valence electrons. The van der Waals surface area contributed by atoms with Gasteiger partial charge in [-0.05, 0) is 11.8 Å². The van der Waals surface area contributed by atoms with E-state index in [4.69, 9.17) is 0 Å². The molecule has 1 rings (SSSR count). The summed E-state index contributed by atoms with van der Waals surface area (Å²) in [5, 5.41) is 0. The molecule has 0 aromatic heterocycles. The van der Waals surface area contributed by atoms with E-state index in [2.05, 4.69) is 13.8 Å². The molecule has 0 amide bonds. The molecule has 1 unspecified atom stereocenters. The molecular formula is C14H28. The van der Waals surface area contributed by atoms with E-state index in [9.17, 15) is 0 Å². The van der Waals surface area contributed by atoms with Crippen LogP contribution in [-0.2, 0) is 0 Å². The lowest BCUT2D eigenvalue weighted by Gasteiger charge is -2.14. The summed E-state index contributed by atoms with van der Waals surface area (Å²) >= 11 is 0. The highest BCUT2D eigenvalue weighted by Gasteiger charge is 2.22. The van der Waals surface area contributed by atoms with Crippen molar-refractivity contribution in [2.75, 3.05) is 0 Å². The first kappa shape index (κ1) is 12.1. The monoisotopic (exact) mass is 196 g/mol. The van der Waals surface area contributed by atoms with Crippen molar-refractivity contribution in [3.63, 3.8) is 0 Å². The lowest BCUT2D eigenvalue weighted by molar-refractivity contribution is 0.374. The fourth-order valence-electron chi connectivity index (χ4n) is 2.84. The highest BCUT2D eigenvalue weighted by atomic mass is 14.3. The molecule has 0 spiro atoms. The maximum Gasteiger partial charge on any atom is -0.0388 e. The van der Waals surface area contributed by atoms with Gasteiger partial charge >= 0.3 is 0 Å². The normalized spacial score (nSPS) is 27.0. The molecule has 0 heteroatoms. The van der Waals surface area contributed by atoms with E-state index in [1.165, 1.54) is 64.2 Å². The van der Waals surface area contributed by atoms with Crippen molar-refractivity contribution in [2.45, 2.75) is 78.1 Å². The number of unbranched alkanes of at least 4 members (excludes halogenated alkanes) is 5. The molecule has 0 saturated heterocycles. The second kappa shape index (κ2) is 7.31. The van der Waals surface area contributed by atoms with Crippen LogP contribution < -0.4 is 0 Å². The first-order valence-corrected chi connectivity index (χ1v) is 6.84. The molecule has 0 aliphatic heterocycles. The molecule has 0 bridgehead atoms. The van der Waals surface area contributed by atoms with Crippen molar-refractivity contribution < 1.29 is 0 Å². The summed E-state index contributed by atoms with van der Waals surface area (Å²) in [7, 11) is 0. The van der Waals surface area contributed by atoms with Gasteiger partial charge in [-0.2, -0.15) is 0 Å². The molecule has 2 atom stereocenters. The molecule has 1 aliphatic rings. The van der Waals surface area contributed by atoms with Crippen LogP contribution in [0.3, 0.4) is 0 Å². The summed E-state index contributed by atoms with van der Waals surface area (Å²) in [4.78, 5) is 0. The Morgan fingerprint density at radius 2 is 1.64 bits per heavy atom. The Morgan fingerprint density at radius 1 is 0.929 bits per heavy atom. The molecule has 1 fully saturated rings. The third-order valence-corrected chi connectivity index (χ3v) is 3.97. The molecular weight excluding hydrogens is 168 g/mol. The fraction of sp³-hybridized carbons (Fsp3) is 1.00. The largest absolute Gasteiger partial charge is 0.0654 e. The number of hydrogen-bond acceptors (Lipinski definition) is 0. The Kier molecular flexibility index (Phi) is 6.31. The van der Waals surface area contributed by atoms with Crippen molar-refractivity contribution in [1.82, 2.24) is 0 Å². The standard InChI is InChI=1S/C14H28/c1-3-4-5-6-7-8-11-14-12-9-10-13(14)2/h13-14H,3-12H2,1-2H3/t13?,14-/m0/s1. The summed E-state index contributed by atoms with van der Waals surface area (Å²) in [6.07, 6.45) is 14.8. The molecule has 14 heavy (non-hydrogen) atoms. The first-order valence-electron chi connectivity index (χ1n) is 6.84. The second-order valence-corrected chi connectivity index (χ2v) is 5.22. The van der Waals surface area contributed by atoms with E-state index in [0.717, 1.165) is 11.8 Å². The average Bonchev–Trinajstić information content (AvgIpc) is 2.58. The summed E-state index contributed by atoms with van der Waals surface area (Å²) in [6.45, 7) is 4.74. The Morgan fingerprint density at radius 3 is 2.29 bits per heavy atom. The third kappa shape index (κ3) is 4.48. The molecule has 1 aliphatic carbocycles. The van der Waals surface area contributed by atoms with Gasteiger partial charge in [-0.3, -0.25) is 0 Å². The Balaban J connectivity index is 1.88. The second-order valence-electron chi connectivity index (χ2n) is 5.22. The van der Waals surface area contributed by atoms with Gasteiger partial charge in [0.15, 0.2) is 0 Å². The van der Waals surface area contributed by atoms with E-state index in [1.54, 1.807) is 0 Å². The van der Waals surface area contributed by atoms with Crippen LogP contribution in [0.25, 0.3) is 0 Å². The molecule has 0 heterocycles. The zero-order valence-electron chi connectivity index (χ0n) is 10.2. The van der Waals surface area contributed by atoms with Crippen LogP contribution in [0.15, 0.2) is 0 Å². The quantitative estimate of drug-likeness (QED) is 0.493. The summed E-state index contributed by atoms with van der Waals surface area (Å²) < 4.78 is 0. The Hall–Kier alpha value is 0. The van der Waals surface area contributed by atoms with E-state index >= 15 is 0 Å². The lowest BCUT2D eigenvalue weighted by Crippen LogP contribution is -2.03. The number of rotatable bonds is 7. The van der Waals surface area contributed by atoms with E-state index in [0.29, 0.717) is 0 Å². The highest BCUT2D eigenvalue weighted by Crippen LogP contribution is 2.34. The molecule has 0 aromatic carbocycles. The topological polar surface area (TPSA) is 0 Å². The van der Waals surface area contributed by atoms with Crippen molar-refractivity contribution in [1.29, 1.82) is 0 Å². The van der Waals surface area contributed by atoms with Gasteiger partial charge in [0, 0.05) is 0 Å². The molecule has 0 N–H and O–H groups in total. The molecule has 0 aromatic rings. The summed E-state index contributed by atoms with van der Waals surface area (Å²) in [5.41, 5.74) is 0. The van der Waals surface area contributed by atoms with Crippen LogP contribution in [0.5, 0.6) is 0 Å². The van der Waals surface area contributed by atoms with E-state index < -0.39 is 0 Å². The van der Waals surface area contributed by atoms with Crippen LogP contribution in [0.4, 0.5) is 0 Å². The Bertz CT molecular complexity index is 128. The van der Waals surface area contributed by atoms with Gasteiger partial charge in [0.25, 0.3) is 0 Å². The smallest absolute Gasteiger partial charge is 0.0388 e. The van der Waals surface area contributed by atoms with Crippen LogP contribution in [0.1, 0.15) is 78.1 Å². The van der Waals surface area contributed by atoms with Crippen molar-refractivity contribution in [3.8, 4) is 0 Å². The molecule has 0 radical (unpaired) electrons. The summed E-state index contributed by atoms with van der Waals surface area (Å²) in [6, 6.07) is 0. The van der Waals surface area contributed by atoms with Crippen LogP contribution >= 0.6 is 0 Å². The zero-order valence-corrected chi connectivity index (χ0v) is 10.2. The maximum absolute atomic E-state index is 2.45. The lowest BCUT2D eigenvalue weighted by atomic mass is 9.92. The zero-order chi connectivity index (χ0) is 10.2. The SMILES string of the molecule is CCCCCCCC[C@H]1CCCC1C. The van der Waals surface area contributed by atoms with Crippen molar-refractivity contribution in [2.24, 2.45) is 11.8 Å². The Labute approximate surface area is 90.5 Å². The third-order valence-electron chi connectivity index (χ3n) is 3.97. The number of hydrogen-bond donors (Lipinski definition) is 0. The van der Waals surface area contributed by atoms with E-state index in [-0.39, 0.29) is 0 Å². The van der Waals surface area contributed by atoms with Crippen LogP contribution in [-0.4, -0.2) is 0 Å². The molecule has 0 nitrogen and oxygen atoms in total. The van der Waals surface area contributed by atoms with Gasteiger partial charge in [-0.1, -0.05) is 78.1 Å². The average molecular weight is 196 g/mol. The minimum Gasteiger partial charge on any atom is -0.0654 e. The fourth-order valence-corrected chi connectivity index (χ4v) is 2.84. The van der Waals surface area contributed by atoms with Crippen molar-refractivity contribution in [3.05, 3.63) is 0 Å². The minimum atomic E-state index is 1.03. The summed E-state index contributed by atoms with van der Waals surface area (Å²) in [5.74, 6) is 2.12. The minimum absolute atomic E-state index is 1.03. The van der Waals surface area contributed by atoms with Gasteiger partial charge < -0.3 is 0 Å². The van der Waals surface area contributed by atoms with Crippen LogP contribution in [0.2, 0.25) is 0 Å². The van der Waals surface area contributed by atoms with Gasteiger partial charge in [0.1, 0.15) is 0 Å². The van der Waals surface area contributed by atoms with Gasteiger partial charge in [0.2, 0.25) is 0 Å². The predicted molar refractivity (Wildman–Crippen MR) is 64.5 cm³/mol. The van der Waals surface area contributed by atoms with Gasteiger partial charge in [0.05, 0.1) is 0 Å².